The molecule has 0 aromatic heterocycles. The van der Waals surface area contributed by atoms with Gasteiger partial charge in [0.2, 0.25) is 0 Å². The van der Waals surface area contributed by atoms with Crippen molar-refractivity contribution < 1.29 is 14.7 Å². The molecule has 0 amide bonds. The molecule has 0 aliphatic carbocycles. The minimum Gasteiger partial charge on any atom is -0.480 e. The highest BCUT2D eigenvalue weighted by Crippen LogP contribution is 2.15. The summed E-state index contributed by atoms with van der Waals surface area (Å²) in [5.74, 6) is -1.54. The molecule has 4 nitrogen and oxygen atoms in total. The van der Waals surface area contributed by atoms with Crippen LogP contribution in [0.5, 0.6) is 0 Å². The first-order valence-electron chi connectivity index (χ1n) is 5.00. The molecule has 86 valence electrons. The van der Waals surface area contributed by atoms with Crippen molar-refractivity contribution in [1.29, 1.82) is 0 Å². The molecule has 0 saturated carbocycles. The van der Waals surface area contributed by atoms with Crippen molar-refractivity contribution in [3.05, 3.63) is 35.9 Å². The zero-order valence-electron chi connectivity index (χ0n) is 9.36. The summed E-state index contributed by atoms with van der Waals surface area (Å²) in [6.45, 7) is 1.29. The average molecular weight is 221 g/mol. The molecule has 1 rings (SSSR count). The maximum atomic E-state index is 11.5. The van der Waals surface area contributed by atoms with Crippen molar-refractivity contribution in [2.24, 2.45) is 0 Å². The molecular formula is C12H15NO3. The molecular weight excluding hydrogens is 206 g/mol. The molecule has 0 aliphatic heterocycles. The second-order valence-corrected chi connectivity index (χ2v) is 3.68. The zero-order valence-corrected chi connectivity index (χ0v) is 9.36. The summed E-state index contributed by atoms with van der Waals surface area (Å²) < 4.78 is 0. The van der Waals surface area contributed by atoms with Crippen LogP contribution in [0.1, 0.15) is 12.5 Å². The van der Waals surface area contributed by atoms with Crippen molar-refractivity contribution in [2.75, 3.05) is 7.05 Å². The van der Waals surface area contributed by atoms with Crippen LogP contribution in [0.15, 0.2) is 30.3 Å². The largest absolute Gasteiger partial charge is 0.480 e. The number of carboxylic acid groups (broad SMARTS) is 1. The predicted molar refractivity (Wildman–Crippen MR) is 60.3 cm³/mol. The van der Waals surface area contributed by atoms with E-state index in [-0.39, 0.29) is 6.42 Å². The van der Waals surface area contributed by atoms with Crippen molar-refractivity contribution in [1.82, 2.24) is 5.32 Å². The quantitative estimate of drug-likeness (QED) is 0.724. The van der Waals surface area contributed by atoms with Crippen molar-refractivity contribution in [3.8, 4) is 0 Å². The molecule has 0 aliphatic rings. The van der Waals surface area contributed by atoms with Gasteiger partial charge in [0.25, 0.3) is 0 Å². The smallest absolute Gasteiger partial charge is 0.332 e. The maximum absolute atomic E-state index is 11.5. The number of carbonyl (C=O) groups is 2. The normalized spacial score (nSPS) is 14.1. The summed E-state index contributed by atoms with van der Waals surface area (Å²) in [4.78, 5) is 22.7. The Morgan fingerprint density at radius 2 is 1.88 bits per heavy atom. The minimum absolute atomic E-state index is 0.148. The molecule has 2 N–H and O–H groups in total. The first-order chi connectivity index (χ1) is 7.53. The SMILES string of the molecule is CNC(Cc1ccccc1)(C(C)=O)C(=O)O. The third-order valence-corrected chi connectivity index (χ3v) is 2.70. The molecule has 0 bridgehead atoms. The van der Waals surface area contributed by atoms with Crippen LogP contribution in [0.3, 0.4) is 0 Å². The Morgan fingerprint density at radius 3 is 2.25 bits per heavy atom. The summed E-state index contributed by atoms with van der Waals surface area (Å²) in [5, 5.41) is 11.8. The molecule has 1 unspecified atom stereocenters. The van der Waals surface area contributed by atoms with Gasteiger partial charge in [-0.1, -0.05) is 30.3 Å². The molecule has 0 spiro atoms. The van der Waals surface area contributed by atoms with E-state index in [0.29, 0.717) is 0 Å². The van der Waals surface area contributed by atoms with Crippen LogP contribution in [0, 0.1) is 0 Å². The van der Waals surface area contributed by atoms with E-state index in [4.69, 9.17) is 0 Å². The number of Topliss-reactive ketones (excluding diaryl/α,β-unsaturated/α-hetero) is 1. The zero-order chi connectivity index (χ0) is 12.2. The van der Waals surface area contributed by atoms with Crippen molar-refractivity contribution in [2.45, 2.75) is 18.9 Å². The number of ketones is 1. The van der Waals surface area contributed by atoms with E-state index in [0.717, 1.165) is 5.56 Å². The summed E-state index contributed by atoms with van der Waals surface area (Å²) in [6, 6.07) is 9.09. The average Bonchev–Trinajstić information content (AvgIpc) is 2.26. The van der Waals surface area contributed by atoms with Gasteiger partial charge >= 0.3 is 5.97 Å². The molecule has 4 heteroatoms. The van der Waals surface area contributed by atoms with Crippen LogP contribution in [-0.4, -0.2) is 29.4 Å². The minimum atomic E-state index is -1.53. The van der Waals surface area contributed by atoms with Crippen LogP contribution < -0.4 is 5.32 Å². The Hall–Kier alpha value is -1.68. The van der Waals surface area contributed by atoms with E-state index in [2.05, 4.69) is 5.32 Å². The fourth-order valence-electron chi connectivity index (χ4n) is 1.62. The van der Waals surface area contributed by atoms with Crippen LogP contribution in [0.25, 0.3) is 0 Å². The highest BCUT2D eigenvalue weighted by atomic mass is 16.4. The van der Waals surface area contributed by atoms with E-state index in [1.807, 2.05) is 18.2 Å². The van der Waals surface area contributed by atoms with Crippen LogP contribution in [-0.2, 0) is 16.0 Å². The molecule has 0 heterocycles. The second-order valence-electron chi connectivity index (χ2n) is 3.68. The van der Waals surface area contributed by atoms with E-state index < -0.39 is 17.3 Å². The van der Waals surface area contributed by atoms with E-state index in [9.17, 15) is 14.7 Å². The van der Waals surface area contributed by atoms with Gasteiger partial charge in [-0.2, -0.15) is 0 Å². The number of carboxylic acids is 1. The summed E-state index contributed by atoms with van der Waals surface area (Å²) >= 11 is 0. The molecule has 16 heavy (non-hydrogen) atoms. The number of benzene rings is 1. The Kier molecular flexibility index (Phi) is 3.79. The first-order valence-corrected chi connectivity index (χ1v) is 5.00. The first kappa shape index (κ1) is 12.4. The van der Waals surface area contributed by atoms with E-state index >= 15 is 0 Å². The molecule has 0 fully saturated rings. The van der Waals surface area contributed by atoms with Gasteiger partial charge in [-0.15, -0.1) is 0 Å². The van der Waals surface area contributed by atoms with Crippen LogP contribution >= 0.6 is 0 Å². The number of rotatable bonds is 5. The summed E-state index contributed by atoms with van der Waals surface area (Å²) in [6.07, 6.45) is 0.148. The summed E-state index contributed by atoms with van der Waals surface area (Å²) in [7, 11) is 1.48. The van der Waals surface area contributed by atoms with Gasteiger partial charge in [-0.05, 0) is 19.5 Å². The van der Waals surface area contributed by atoms with Gasteiger partial charge in [0.1, 0.15) is 0 Å². The van der Waals surface area contributed by atoms with Gasteiger partial charge in [0.15, 0.2) is 11.3 Å². The van der Waals surface area contributed by atoms with Gasteiger partial charge < -0.3 is 5.11 Å². The molecule has 1 aromatic rings. The van der Waals surface area contributed by atoms with E-state index in [1.54, 1.807) is 12.1 Å². The van der Waals surface area contributed by atoms with Crippen molar-refractivity contribution >= 4 is 11.8 Å². The second kappa shape index (κ2) is 4.90. The standard InChI is InChI=1S/C12H15NO3/c1-9(14)12(13-2,11(15)16)8-10-6-4-3-5-7-10/h3-7,13H,8H2,1-2H3,(H,15,16). The predicted octanol–water partition coefficient (Wildman–Crippen LogP) is 0.861. The Bertz CT molecular complexity index is 373. The lowest BCUT2D eigenvalue weighted by Gasteiger charge is -2.26. The van der Waals surface area contributed by atoms with E-state index in [1.165, 1.54) is 14.0 Å². The Labute approximate surface area is 94.3 Å². The van der Waals surface area contributed by atoms with Gasteiger partial charge in [-0.25, -0.2) is 4.79 Å². The van der Waals surface area contributed by atoms with Gasteiger partial charge in [0.05, 0.1) is 0 Å². The van der Waals surface area contributed by atoms with Gasteiger partial charge in [0, 0.05) is 6.42 Å². The lowest BCUT2D eigenvalue weighted by atomic mass is 9.87. The Balaban J connectivity index is 3.04. The third kappa shape index (κ3) is 2.28. The van der Waals surface area contributed by atoms with Crippen molar-refractivity contribution in [3.63, 3.8) is 0 Å². The monoisotopic (exact) mass is 221 g/mol. The number of nitrogens with one attached hydrogen (secondary N) is 1. The van der Waals surface area contributed by atoms with Crippen LogP contribution in [0.2, 0.25) is 0 Å². The van der Waals surface area contributed by atoms with Crippen LogP contribution in [0.4, 0.5) is 0 Å². The molecule has 1 atom stereocenters. The molecule has 1 aromatic carbocycles. The highest BCUT2D eigenvalue weighted by Gasteiger charge is 2.41. The fourth-order valence-corrected chi connectivity index (χ4v) is 1.62. The fraction of sp³-hybridized carbons (Fsp3) is 0.333. The topological polar surface area (TPSA) is 66.4 Å². The maximum Gasteiger partial charge on any atom is 0.332 e. The number of hydrogen-bond donors (Lipinski definition) is 2. The number of aliphatic carboxylic acids is 1. The highest BCUT2D eigenvalue weighted by molar-refractivity contribution is 6.07. The lowest BCUT2D eigenvalue weighted by Crippen LogP contribution is -2.57. The third-order valence-electron chi connectivity index (χ3n) is 2.70. The lowest BCUT2D eigenvalue weighted by molar-refractivity contribution is -0.149. The van der Waals surface area contributed by atoms with Gasteiger partial charge in [-0.3, -0.25) is 10.1 Å². The Morgan fingerprint density at radius 1 is 1.31 bits per heavy atom. The number of carbonyl (C=O) groups excluding carboxylic acids is 1. The number of hydrogen-bond acceptors (Lipinski definition) is 3. The molecule has 0 saturated heterocycles. The number of likely N-dealkylation sites (N-methyl/N-ethyl adjacent to an activating group) is 1. The molecule has 0 radical (unpaired) electrons. The summed E-state index contributed by atoms with van der Waals surface area (Å²) in [5.41, 5.74) is -0.712.